The Labute approximate surface area is 162 Å². The highest BCUT2D eigenvalue weighted by Crippen LogP contribution is 2.20. The number of aromatic nitrogens is 2. The van der Waals surface area contributed by atoms with Crippen molar-refractivity contribution in [2.45, 2.75) is 71.6 Å². The molecule has 146 valence electrons. The smallest absolute Gasteiger partial charge is 0.287 e. The standard InChI is InChI=1S/C22H30N2O3/c1-3-5-6-7-8-9-11-18-16-23-22(24-17-18)19-12-14-20(15-13-19)26-27-21(25)10-4-2/h12-17H,3-11H2,1-2H3. The summed E-state index contributed by atoms with van der Waals surface area (Å²) in [6.07, 6.45) is 13.7. The number of unbranched alkanes of at least 4 members (excludes halogenated alkanes) is 5. The summed E-state index contributed by atoms with van der Waals surface area (Å²) in [7, 11) is 0. The van der Waals surface area contributed by atoms with Gasteiger partial charge in [0, 0.05) is 24.4 Å². The summed E-state index contributed by atoms with van der Waals surface area (Å²) < 4.78 is 0. The summed E-state index contributed by atoms with van der Waals surface area (Å²) in [6.45, 7) is 4.15. The summed E-state index contributed by atoms with van der Waals surface area (Å²) >= 11 is 0. The van der Waals surface area contributed by atoms with E-state index in [2.05, 4.69) is 16.9 Å². The number of hydrogen-bond acceptors (Lipinski definition) is 5. The second-order valence-corrected chi connectivity index (χ2v) is 6.75. The van der Waals surface area contributed by atoms with Gasteiger partial charge in [0.15, 0.2) is 11.6 Å². The molecule has 0 spiro atoms. The van der Waals surface area contributed by atoms with E-state index in [1.807, 2.05) is 31.5 Å². The van der Waals surface area contributed by atoms with Crippen LogP contribution in [-0.2, 0) is 16.1 Å². The van der Waals surface area contributed by atoms with Crippen LogP contribution < -0.4 is 4.89 Å². The Morgan fingerprint density at radius 1 is 0.889 bits per heavy atom. The minimum atomic E-state index is -0.370. The van der Waals surface area contributed by atoms with Crippen molar-refractivity contribution in [1.82, 2.24) is 9.97 Å². The molecule has 0 fully saturated rings. The molecule has 2 aromatic rings. The average Bonchev–Trinajstić information content (AvgIpc) is 2.70. The van der Waals surface area contributed by atoms with E-state index >= 15 is 0 Å². The molecule has 0 aliphatic heterocycles. The minimum Gasteiger partial charge on any atom is -0.287 e. The number of benzene rings is 1. The van der Waals surface area contributed by atoms with Gasteiger partial charge in [-0.2, -0.15) is 0 Å². The van der Waals surface area contributed by atoms with Crippen LogP contribution >= 0.6 is 0 Å². The fourth-order valence-corrected chi connectivity index (χ4v) is 2.74. The monoisotopic (exact) mass is 370 g/mol. The number of carbonyl (C=O) groups excluding carboxylic acids is 1. The Balaban J connectivity index is 1.79. The fraction of sp³-hybridized carbons (Fsp3) is 0.500. The Hall–Kier alpha value is -2.43. The zero-order chi connectivity index (χ0) is 19.3. The molecule has 0 radical (unpaired) electrons. The summed E-state index contributed by atoms with van der Waals surface area (Å²) in [5.74, 6) is 0.782. The van der Waals surface area contributed by atoms with Gasteiger partial charge in [0.25, 0.3) is 0 Å². The first-order chi connectivity index (χ1) is 13.2. The first-order valence-electron chi connectivity index (χ1n) is 10.0. The lowest BCUT2D eigenvalue weighted by Crippen LogP contribution is -2.06. The molecule has 0 atom stereocenters. The van der Waals surface area contributed by atoms with E-state index in [1.54, 1.807) is 12.1 Å². The Bertz CT molecular complexity index is 669. The molecule has 0 saturated carbocycles. The zero-order valence-corrected chi connectivity index (χ0v) is 16.4. The minimum absolute atomic E-state index is 0.344. The molecule has 0 N–H and O–H groups in total. The van der Waals surface area contributed by atoms with E-state index in [9.17, 15) is 4.79 Å². The summed E-state index contributed by atoms with van der Waals surface area (Å²) in [6, 6.07) is 7.18. The summed E-state index contributed by atoms with van der Waals surface area (Å²) in [5.41, 5.74) is 2.07. The van der Waals surface area contributed by atoms with Crippen LogP contribution in [0.2, 0.25) is 0 Å². The first kappa shape index (κ1) is 20.9. The molecular weight excluding hydrogens is 340 g/mol. The van der Waals surface area contributed by atoms with Crippen LogP contribution in [0.4, 0.5) is 0 Å². The number of aryl methyl sites for hydroxylation is 1. The maximum Gasteiger partial charge on any atom is 0.355 e. The molecule has 5 nitrogen and oxygen atoms in total. The van der Waals surface area contributed by atoms with Gasteiger partial charge in [-0.25, -0.2) is 14.8 Å². The molecule has 1 aromatic heterocycles. The number of nitrogens with zero attached hydrogens (tertiary/aromatic N) is 2. The van der Waals surface area contributed by atoms with Crippen molar-refractivity contribution in [3.63, 3.8) is 0 Å². The highest BCUT2D eigenvalue weighted by Gasteiger charge is 2.06. The van der Waals surface area contributed by atoms with Crippen molar-refractivity contribution >= 4 is 5.97 Å². The maximum atomic E-state index is 11.3. The third kappa shape index (κ3) is 7.77. The second-order valence-electron chi connectivity index (χ2n) is 6.75. The van der Waals surface area contributed by atoms with Crippen molar-refractivity contribution in [3.8, 4) is 17.1 Å². The lowest BCUT2D eigenvalue weighted by molar-refractivity contribution is -0.213. The maximum absolute atomic E-state index is 11.3. The number of rotatable bonds is 12. The normalized spacial score (nSPS) is 10.6. The molecule has 0 aliphatic carbocycles. The number of carbonyl (C=O) groups is 1. The molecule has 5 heteroatoms. The summed E-state index contributed by atoms with van der Waals surface area (Å²) in [4.78, 5) is 30.0. The van der Waals surface area contributed by atoms with Crippen molar-refractivity contribution in [2.24, 2.45) is 0 Å². The van der Waals surface area contributed by atoms with Crippen LogP contribution in [0.25, 0.3) is 11.4 Å². The van der Waals surface area contributed by atoms with Crippen LogP contribution in [-0.4, -0.2) is 15.9 Å². The lowest BCUT2D eigenvalue weighted by atomic mass is 10.1. The van der Waals surface area contributed by atoms with Crippen molar-refractivity contribution < 1.29 is 14.6 Å². The first-order valence-corrected chi connectivity index (χ1v) is 10.0. The molecule has 0 unspecified atom stereocenters. The van der Waals surface area contributed by atoms with Gasteiger partial charge in [-0.3, -0.25) is 9.78 Å². The van der Waals surface area contributed by atoms with E-state index in [4.69, 9.17) is 9.78 Å². The average molecular weight is 370 g/mol. The van der Waals surface area contributed by atoms with E-state index in [0.29, 0.717) is 18.0 Å². The van der Waals surface area contributed by atoms with Gasteiger partial charge in [0.05, 0.1) is 0 Å². The molecule has 0 amide bonds. The number of hydrogen-bond donors (Lipinski definition) is 0. The van der Waals surface area contributed by atoms with Gasteiger partial charge < -0.3 is 0 Å². The molecule has 0 aliphatic rings. The molecule has 27 heavy (non-hydrogen) atoms. The highest BCUT2D eigenvalue weighted by molar-refractivity contribution is 5.68. The van der Waals surface area contributed by atoms with Crippen LogP contribution in [0.3, 0.4) is 0 Å². The highest BCUT2D eigenvalue weighted by atomic mass is 17.2. The third-order valence-corrected chi connectivity index (χ3v) is 4.32. The van der Waals surface area contributed by atoms with E-state index in [1.165, 1.54) is 44.1 Å². The molecule has 1 heterocycles. The molecule has 2 rings (SSSR count). The predicted molar refractivity (Wildman–Crippen MR) is 106 cm³/mol. The van der Waals surface area contributed by atoms with Gasteiger partial charge in [-0.05, 0) is 49.1 Å². The van der Waals surface area contributed by atoms with Crippen LogP contribution in [0, 0.1) is 0 Å². The largest absolute Gasteiger partial charge is 0.355 e. The van der Waals surface area contributed by atoms with Gasteiger partial charge in [0.2, 0.25) is 0 Å². The third-order valence-electron chi connectivity index (χ3n) is 4.32. The van der Waals surface area contributed by atoms with E-state index in [-0.39, 0.29) is 5.97 Å². The zero-order valence-electron chi connectivity index (χ0n) is 16.4. The van der Waals surface area contributed by atoms with Gasteiger partial charge in [-0.15, -0.1) is 0 Å². The molecule has 0 bridgehead atoms. The Morgan fingerprint density at radius 2 is 1.56 bits per heavy atom. The van der Waals surface area contributed by atoms with Crippen LogP contribution in [0.15, 0.2) is 36.7 Å². The van der Waals surface area contributed by atoms with Crippen LogP contribution in [0.5, 0.6) is 5.75 Å². The quantitative estimate of drug-likeness (QED) is 0.273. The van der Waals surface area contributed by atoms with Crippen molar-refractivity contribution in [1.29, 1.82) is 0 Å². The molecule has 0 saturated heterocycles. The summed E-state index contributed by atoms with van der Waals surface area (Å²) in [5, 5.41) is 0. The molecule has 1 aromatic carbocycles. The lowest BCUT2D eigenvalue weighted by Gasteiger charge is -2.06. The van der Waals surface area contributed by atoms with E-state index < -0.39 is 0 Å². The van der Waals surface area contributed by atoms with Gasteiger partial charge in [0.1, 0.15) is 0 Å². The van der Waals surface area contributed by atoms with Crippen molar-refractivity contribution in [2.75, 3.05) is 0 Å². The van der Waals surface area contributed by atoms with E-state index in [0.717, 1.165) is 18.4 Å². The van der Waals surface area contributed by atoms with Crippen molar-refractivity contribution in [3.05, 3.63) is 42.2 Å². The Morgan fingerprint density at radius 3 is 2.22 bits per heavy atom. The van der Waals surface area contributed by atoms with Gasteiger partial charge >= 0.3 is 5.97 Å². The molecular formula is C22H30N2O3. The SMILES string of the molecule is CCCCCCCCc1cnc(-c2ccc(OOC(=O)CCC)cc2)nc1. The van der Waals surface area contributed by atoms with Gasteiger partial charge in [-0.1, -0.05) is 46.0 Å². The second kappa shape index (κ2) is 12.0. The topological polar surface area (TPSA) is 61.3 Å². The fourth-order valence-electron chi connectivity index (χ4n) is 2.74. The van der Waals surface area contributed by atoms with Crippen LogP contribution in [0.1, 0.15) is 70.8 Å². The predicted octanol–water partition coefficient (Wildman–Crippen LogP) is 5.68. The Kier molecular flexibility index (Phi) is 9.31.